The summed E-state index contributed by atoms with van der Waals surface area (Å²) in [5.41, 5.74) is 2.08. The molecule has 0 aliphatic rings. The van der Waals surface area contributed by atoms with Crippen molar-refractivity contribution in [1.29, 1.82) is 0 Å². The number of nitrogens with zero attached hydrogens (tertiary/aromatic N) is 1. The molecule has 0 aliphatic carbocycles. The minimum Gasteiger partial charge on any atom is -0.497 e. The Morgan fingerprint density at radius 2 is 1.67 bits per heavy atom. The van der Waals surface area contributed by atoms with Gasteiger partial charge in [-0.3, -0.25) is 9.59 Å². The van der Waals surface area contributed by atoms with Gasteiger partial charge in [-0.15, -0.1) is 0 Å². The van der Waals surface area contributed by atoms with Crippen LogP contribution in [0.25, 0.3) is 0 Å². The lowest BCUT2D eigenvalue weighted by Gasteiger charge is -2.31. The van der Waals surface area contributed by atoms with Crippen LogP contribution in [0.1, 0.15) is 38.3 Å². The second-order valence-corrected chi connectivity index (χ2v) is 7.50. The molecular weight excluding hydrogens is 380 g/mol. The maximum atomic E-state index is 13.1. The molecule has 2 rings (SSSR count). The van der Waals surface area contributed by atoms with Gasteiger partial charge in [-0.1, -0.05) is 31.2 Å². The highest BCUT2D eigenvalue weighted by Gasteiger charge is 2.29. The Kier molecular flexibility index (Phi) is 8.71. The van der Waals surface area contributed by atoms with E-state index in [1.807, 2.05) is 52.0 Å². The Bertz CT molecular complexity index is 833. The number of hydrogen-bond acceptors (Lipinski definition) is 4. The number of amides is 2. The summed E-state index contributed by atoms with van der Waals surface area (Å²) >= 11 is 0. The Morgan fingerprint density at radius 3 is 2.23 bits per heavy atom. The normalized spacial score (nSPS) is 11.7. The molecule has 2 amide bonds. The third-order valence-electron chi connectivity index (χ3n) is 4.84. The van der Waals surface area contributed by atoms with E-state index in [0.717, 1.165) is 11.1 Å². The lowest BCUT2D eigenvalue weighted by Crippen LogP contribution is -2.51. The summed E-state index contributed by atoms with van der Waals surface area (Å²) in [5.74, 6) is 0.893. The van der Waals surface area contributed by atoms with Gasteiger partial charge in [0.25, 0.3) is 5.91 Å². The van der Waals surface area contributed by atoms with Crippen LogP contribution >= 0.6 is 0 Å². The number of carbonyl (C=O) groups excluding carboxylic acids is 2. The zero-order valence-corrected chi connectivity index (χ0v) is 18.5. The van der Waals surface area contributed by atoms with Gasteiger partial charge in [-0.05, 0) is 62.6 Å². The van der Waals surface area contributed by atoms with Crippen molar-refractivity contribution in [3.8, 4) is 11.5 Å². The predicted molar refractivity (Wildman–Crippen MR) is 118 cm³/mol. The van der Waals surface area contributed by atoms with Crippen LogP contribution < -0.4 is 14.8 Å². The monoisotopic (exact) mass is 412 g/mol. The first-order valence-electron chi connectivity index (χ1n) is 10.3. The molecule has 1 N–H and O–H groups in total. The SMILES string of the molecule is CC[C@H](C(=O)NC(C)C)N(Cc1ccccc1C)C(=O)COc1ccc(OC)cc1. The fourth-order valence-electron chi connectivity index (χ4n) is 3.17. The number of carbonyl (C=O) groups is 2. The molecule has 0 heterocycles. The quantitative estimate of drug-likeness (QED) is 0.646. The fraction of sp³-hybridized carbons (Fsp3) is 0.417. The second-order valence-electron chi connectivity index (χ2n) is 7.50. The lowest BCUT2D eigenvalue weighted by molar-refractivity contribution is -0.143. The number of nitrogens with one attached hydrogen (secondary N) is 1. The number of methoxy groups -OCH3 is 1. The van der Waals surface area contributed by atoms with E-state index >= 15 is 0 Å². The van der Waals surface area contributed by atoms with Crippen LogP contribution in [0.4, 0.5) is 0 Å². The molecule has 0 aromatic heterocycles. The molecular formula is C24H32N2O4. The predicted octanol–water partition coefficient (Wildman–Crippen LogP) is 3.71. The molecule has 6 nitrogen and oxygen atoms in total. The molecule has 0 spiro atoms. The van der Waals surface area contributed by atoms with E-state index in [4.69, 9.17) is 9.47 Å². The van der Waals surface area contributed by atoms with Gasteiger partial charge >= 0.3 is 0 Å². The summed E-state index contributed by atoms with van der Waals surface area (Å²) in [7, 11) is 1.59. The highest BCUT2D eigenvalue weighted by molar-refractivity contribution is 5.88. The highest BCUT2D eigenvalue weighted by Crippen LogP contribution is 2.19. The number of benzene rings is 2. The number of rotatable bonds is 10. The van der Waals surface area contributed by atoms with Crippen molar-refractivity contribution in [2.45, 2.75) is 52.7 Å². The minimum atomic E-state index is -0.570. The van der Waals surface area contributed by atoms with Crippen molar-refractivity contribution >= 4 is 11.8 Å². The Morgan fingerprint density at radius 1 is 1.03 bits per heavy atom. The van der Waals surface area contributed by atoms with Crippen molar-refractivity contribution in [1.82, 2.24) is 10.2 Å². The van der Waals surface area contributed by atoms with Crippen LogP contribution in [0.3, 0.4) is 0 Å². The maximum Gasteiger partial charge on any atom is 0.261 e. The van der Waals surface area contributed by atoms with E-state index in [9.17, 15) is 9.59 Å². The zero-order chi connectivity index (χ0) is 22.1. The molecule has 0 unspecified atom stereocenters. The standard InChI is InChI=1S/C24H32N2O4/c1-6-22(24(28)25-17(2)3)26(15-19-10-8-7-9-18(19)4)23(27)16-30-21-13-11-20(29-5)12-14-21/h7-14,17,22H,6,15-16H2,1-5H3,(H,25,28)/t22-/m1/s1. The topological polar surface area (TPSA) is 67.9 Å². The molecule has 0 saturated carbocycles. The van der Waals surface area contributed by atoms with E-state index < -0.39 is 6.04 Å². The molecule has 0 bridgehead atoms. The first-order valence-corrected chi connectivity index (χ1v) is 10.3. The number of hydrogen-bond donors (Lipinski definition) is 1. The first-order chi connectivity index (χ1) is 14.3. The van der Waals surface area contributed by atoms with Crippen LogP contribution in [-0.2, 0) is 16.1 Å². The van der Waals surface area contributed by atoms with Gasteiger partial charge in [0.2, 0.25) is 5.91 Å². The number of aryl methyl sites for hydroxylation is 1. The summed E-state index contributed by atoms with van der Waals surface area (Å²) in [5, 5.41) is 2.93. The Balaban J connectivity index is 2.20. The maximum absolute atomic E-state index is 13.1. The van der Waals surface area contributed by atoms with E-state index in [-0.39, 0.29) is 24.5 Å². The van der Waals surface area contributed by atoms with Crippen LogP contribution in [0.15, 0.2) is 48.5 Å². The van der Waals surface area contributed by atoms with Gasteiger partial charge in [0.1, 0.15) is 17.5 Å². The summed E-state index contributed by atoms with van der Waals surface area (Å²) < 4.78 is 10.8. The van der Waals surface area contributed by atoms with Crippen molar-refractivity contribution in [3.63, 3.8) is 0 Å². The second kappa shape index (κ2) is 11.2. The minimum absolute atomic E-state index is 0.00230. The summed E-state index contributed by atoms with van der Waals surface area (Å²) in [6.07, 6.45) is 0.513. The van der Waals surface area contributed by atoms with Gasteiger partial charge in [0.15, 0.2) is 6.61 Å². The van der Waals surface area contributed by atoms with Gasteiger partial charge in [-0.25, -0.2) is 0 Å². The van der Waals surface area contributed by atoms with Gasteiger partial charge in [0, 0.05) is 12.6 Å². The van der Waals surface area contributed by atoms with E-state index in [1.165, 1.54) is 0 Å². The van der Waals surface area contributed by atoms with Crippen molar-refractivity contribution < 1.29 is 19.1 Å². The fourth-order valence-corrected chi connectivity index (χ4v) is 3.17. The first kappa shape index (κ1) is 23.3. The molecule has 0 aliphatic heterocycles. The highest BCUT2D eigenvalue weighted by atomic mass is 16.5. The van der Waals surface area contributed by atoms with Crippen LogP contribution in [0.2, 0.25) is 0 Å². The zero-order valence-electron chi connectivity index (χ0n) is 18.5. The molecule has 1 atom stereocenters. The molecule has 30 heavy (non-hydrogen) atoms. The lowest BCUT2D eigenvalue weighted by atomic mass is 10.1. The largest absolute Gasteiger partial charge is 0.497 e. The number of ether oxygens (including phenoxy) is 2. The summed E-state index contributed by atoms with van der Waals surface area (Å²) in [4.78, 5) is 27.5. The van der Waals surface area contributed by atoms with Crippen LogP contribution in [0.5, 0.6) is 11.5 Å². The van der Waals surface area contributed by atoms with E-state index in [0.29, 0.717) is 24.5 Å². The van der Waals surface area contributed by atoms with Crippen molar-refractivity contribution in [3.05, 3.63) is 59.7 Å². The van der Waals surface area contributed by atoms with Gasteiger partial charge in [-0.2, -0.15) is 0 Å². The molecule has 0 radical (unpaired) electrons. The summed E-state index contributed by atoms with van der Waals surface area (Å²) in [6.45, 7) is 7.93. The molecule has 2 aromatic rings. The van der Waals surface area contributed by atoms with Crippen LogP contribution in [0, 0.1) is 6.92 Å². The molecule has 6 heteroatoms. The Labute approximate surface area is 179 Å². The third kappa shape index (κ3) is 6.51. The third-order valence-corrected chi connectivity index (χ3v) is 4.84. The smallest absolute Gasteiger partial charge is 0.261 e. The molecule has 0 saturated heterocycles. The molecule has 162 valence electrons. The van der Waals surface area contributed by atoms with Crippen molar-refractivity contribution in [2.24, 2.45) is 0 Å². The van der Waals surface area contributed by atoms with E-state index in [1.54, 1.807) is 36.3 Å². The molecule has 0 fully saturated rings. The van der Waals surface area contributed by atoms with E-state index in [2.05, 4.69) is 5.32 Å². The van der Waals surface area contributed by atoms with Crippen molar-refractivity contribution in [2.75, 3.05) is 13.7 Å². The molecule has 2 aromatic carbocycles. The Hall–Kier alpha value is -3.02. The van der Waals surface area contributed by atoms with Gasteiger partial charge in [0.05, 0.1) is 7.11 Å². The average Bonchev–Trinajstić information content (AvgIpc) is 2.73. The summed E-state index contributed by atoms with van der Waals surface area (Å²) in [6, 6.07) is 14.4. The average molecular weight is 413 g/mol. The van der Waals surface area contributed by atoms with Gasteiger partial charge < -0.3 is 19.7 Å². The van der Waals surface area contributed by atoms with Crippen LogP contribution in [-0.4, -0.2) is 42.5 Å².